The van der Waals surface area contributed by atoms with Gasteiger partial charge in [0.05, 0.1) is 11.1 Å². The molecule has 2 aromatic carbocycles. The van der Waals surface area contributed by atoms with Crippen molar-refractivity contribution in [1.82, 2.24) is 15.2 Å². The summed E-state index contributed by atoms with van der Waals surface area (Å²) in [6.07, 6.45) is 3.20. The van der Waals surface area contributed by atoms with Crippen LogP contribution < -0.4 is 5.32 Å². The second-order valence-electron chi connectivity index (χ2n) is 6.78. The van der Waals surface area contributed by atoms with E-state index in [0.29, 0.717) is 24.2 Å². The van der Waals surface area contributed by atoms with Gasteiger partial charge in [0.25, 0.3) is 11.8 Å². The third-order valence-corrected chi connectivity index (χ3v) is 5.03. The molecular formula is C22H21N3O2. The summed E-state index contributed by atoms with van der Waals surface area (Å²) in [6, 6.07) is 18.8. The van der Waals surface area contributed by atoms with Gasteiger partial charge in [-0.2, -0.15) is 0 Å². The maximum absolute atomic E-state index is 13.0. The Morgan fingerprint density at radius 1 is 0.926 bits per heavy atom. The maximum Gasteiger partial charge on any atom is 0.254 e. The van der Waals surface area contributed by atoms with Crippen molar-refractivity contribution < 1.29 is 9.59 Å². The summed E-state index contributed by atoms with van der Waals surface area (Å²) in [6.45, 7) is 1.27. The molecule has 4 rings (SSSR count). The first-order chi connectivity index (χ1) is 13.2. The monoisotopic (exact) mass is 359 g/mol. The largest absolute Gasteiger partial charge is 0.349 e. The number of amides is 2. The number of carbonyl (C=O) groups is 2. The molecule has 0 atom stereocenters. The van der Waals surface area contributed by atoms with E-state index < -0.39 is 0 Å². The first-order valence-corrected chi connectivity index (χ1v) is 9.21. The highest BCUT2D eigenvalue weighted by atomic mass is 16.2. The number of benzene rings is 2. The molecule has 1 aromatic heterocycles. The molecule has 0 bridgehead atoms. The fraction of sp³-hybridized carbons (Fsp3) is 0.227. The van der Waals surface area contributed by atoms with Crippen LogP contribution in [0.15, 0.2) is 66.9 Å². The fourth-order valence-corrected chi connectivity index (χ4v) is 3.54. The Bertz CT molecular complexity index is 958. The van der Waals surface area contributed by atoms with Crippen LogP contribution in [0.25, 0.3) is 10.9 Å². The summed E-state index contributed by atoms with van der Waals surface area (Å²) >= 11 is 0. The van der Waals surface area contributed by atoms with Crippen LogP contribution >= 0.6 is 0 Å². The van der Waals surface area contributed by atoms with Gasteiger partial charge in [-0.1, -0.05) is 36.4 Å². The first kappa shape index (κ1) is 17.2. The normalized spacial score (nSPS) is 14.9. The van der Waals surface area contributed by atoms with Crippen LogP contribution in [0, 0.1) is 0 Å². The molecule has 1 saturated heterocycles. The lowest BCUT2D eigenvalue weighted by molar-refractivity contribution is 0.0700. The van der Waals surface area contributed by atoms with Crippen LogP contribution in [-0.4, -0.2) is 40.8 Å². The highest BCUT2D eigenvalue weighted by molar-refractivity contribution is 6.06. The van der Waals surface area contributed by atoms with Crippen LogP contribution in [0.4, 0.5) is 0 Å². The molecule has 2 amide bonds. The van der Waals surface area contributed by atoms with Crippen LogP contribution in [0.5, 0.6) is 0 Å². The highest BCUT2D eigenvalue weighted by Gasteiger charge is 2.25. The van der Waals surface area contributed by atoms with E-state index in [4.69, 9.17) is 0 Å². The van der Waals surface area contributed by atoms with Gasteiger partial charge in [0, 0.05) is 36.3 Å². The molecule has 1 aliphatic rings. The average molecular weight is 359 g/mol. The number of aromatic nitrogens is 1. The van der Waals surface area contributed by atoms with Crippen molar-refractivity contribution in [3.63, 3.8) is 0 Å². The van der Waals surface area contributed by atoms with Gasteiger partial charge in [-0.15, -0.1) is 0 Å². The highest BCUT2D eigenvalue weighted by Crippen LogP contribution is 2.20. The van der Waals surface area contributed by atoms with Gasteiger partial charge in [-0.25, -0.2) is 0 Å². The Hall–Kier alpha value is -3.21. The van der Waals surface area contributed by atoms with Gasteiger partial charge in [0.2, 0.25) is 0 Å². The molecule has 27 heavy (non-hydrogen) atoms. The van der Waals surface area contributed by atoms with Gasteiger partial charge in [-0.05, 0) is 37.1 Å². The molecule has 136 valence electrons. The number of para-hydroxylation sites is 1. The van der Waals surface area contributed by atoms with Gasteiger partial charge in [-0.3, -0.25) is 14.6 Å². The quantitative estimate of drug-likeness (QED) is 0.781. The maximum atomic E-state index is 13.0. The molecule has 5 heteroatoms. The number of hydrogen-bond acceptors (Lipinski definition) is 3. The van der Waals surface area contributed by atoms with Crippen LogP contribution in [-0.2, 0) is 0 Å². The van der Waals surface area contributed by atoms with Gasteiger partial charge in [0.1, 0.15) is 0 Å². The average Bonchev–Trinajstić information content (AvgIpc) is 2.74. The lowest BCUT2D eigenvalue weighted by Gasteiger charge is -2.32. The number of hydrogen-bond donors (Lipinski definition) is 1. The fourth-order valence-electron chi connectivity index (χ4n) is 3.54. The predicted molar refractivity (Wildman–Crippen MR) is 105 cm³/mol. The minimum atomic E-state index is -0.0551. The SMILES string of the molecule is O=C(NC1CCN(C(=O)c2ccnc3ccccc23)CC1)c1ccccc1. The summed E-state index contributed by atoms with van der Waals surface area (Å²) in [4.78, 5) is 31.5. The van der Waals surface area contributed by atoms with E-state index in [9.17, 15) is 9.59 Å². The smallest absolute Gasteiger partial charge is 0.254 e. The molecule has 3 aromatic rings. The number of pyridine rings is 1. The summed E-state index contributed by atoms with van der Waals surface area (Å²) in [5.41, 5.74) is 2.18. The molecule has 0 saturated carbocycles. The van der Waals surface area contributed by atoms with Crippen molar-refractivity contribution in [3.05, 3.63) is 78.0 Å². The van der Waals surface area contributed by atoms with Gasteiger partial charge >= 0.3 is 0 Å². The summed E-state index contributed by atoms with van der Waals surface area (Å²) in [5.74, 6) is -0.0260. The zero-order valence-corrected chi connectivity index (χ0v) is 15.0. The molecular weight excluding hydrogens is 338 g/mol. The zero-order valence-electron chi connectivity index (χ0n) is 15.0. The Morgan fingerprint density at radius 3 is 2.41 bits per heavy atom. The molecule has 5 nitrogen and oxygen atoms in total. The Balaban J connectivity index is 1.40. The molecule has 2 heterocycles. The minimum absolute atomic E-state index is 0.0291. The van der Waals surface area contributed by atoms with E-state index in [2.05, 4.69) is 10.3 Å². The topological polar surface area (TPSA) is 62.3 Å². The van der Waals surface area contributed by atoms with E-state index >= 15 is 0 Å². The molecule has 1 N–H and O–H groups in total. The van der Waals surface area contributed by atoms with Crippen LogP contribution in [0.3, 0.4) is 0 Å². The molecule has 0 aliphatic carbocycles. The lowest BCUT2D eigenvalue weighted by atomic mass is 10.0. The van der Waals surface area contributed by atoms with E-state index in [-0.39, 0.29) is 17.9 Å². The number of carbonyl (C=O) groups excluding carboxylic acids is 2. The Kier molecular flexibility index (Phi) is 4.83. The predicted octanol–water partition coefficient (Wildman–Crippen LogP) is 3.27. The van der Waals surface area contributed by atoms with E-state index in [1.807, 2.05) is 59.5 Å². The standard InChI is InChI=1S/C22H21N3O2/c26-21(16-6-2-1-3-7-16)24-17-11-14-25(15-12-17)22(27)19-10-13-23-20-9-5-4-8-18(19)20/h1-10,13,17H,11-12,14-15H2,(H,24,26). The molecule has 0 unspecified atom stereocenters. The summed E-state index contributed by atoms with van der Waals surface area (Å²) < 4.78 is 0. The first-order valence-electron chi connectivity index (χ1n) is 9.21. The summed E-state index contributed by atoms with van der Waals surface area (Å²) in [7, 11) is 0. The molecule has 1 aliphatic heterocycles. The van der Waals surface area contributed by atoms with Crippen molar-refractivity contribution in [2.24, 2.45) is 0 Å². The van der Waals surface area contributed by atoms with Crippen molar-refractivity contribution in [2.45, 2.75) is 18.9 Å². The Morgan fingerprint density at radius 2 is 1.63 bits per heavy atom. The van der Waals surface area contributed by atoms with Gasteiger partial charge in [0.15, 0.2) is 0 Å². The van der Waals surface area contributed by atoms with E-state index in [1.54, 1.807) is 12.3 Å². The zero-order chi connectivity index (χ0) is 18.6. The Labute approximate surface area is 158 Å². The number of nitrogens with zero attached hydrogens (tertiary/aromatic N) is 2. The number of fused-ring (bicyclic) bond motifs is 1. The summed E-state index contributed by atoms with van der Waals surface area (Å²) in [5, 5.41) is 3.96. The number of likely N-dealkylation sites (tertiary alicyclic amines) is 1. The molecule has 0 radical (unpaired) electrons. The van der Waals surface area contributed by atoms with Crippen molar-refractivity contribution in [2.75, 3.05) is 13.1 Å². The molecule has 0 spiro atoms. The van der Waals surface area contributed by atoms with Crippen molar-refractivity contribution >= 4 is 22.7 Å². The van der Waals surface area contributed by atoms with Crippen LogP contribution in [0.2, 0.25) is 0 Å². The van der Waals surface area contributed by atoms with E-state index in [1.165, 1.54) is 0 Å². The van der Waals surface area contributed by atoms with Crippen molar-refractivity contribution in [1.29, 1.82) is 0 Å². The third-order valence-electron chi connectivity index (χ3n) is 5.03. The second kappa shape index (κ2) is 7.58. The minimum Gasteiger partial charge on any atom is -0.349 e. The number of piperidine rings is 1. The second-order valence-corrected chi connectivity index (χ2v) is 6.78. The molecule has 1 fully saturated rings. The van der Waals surface area contributed by atoms with Crippen molar-refractivity contribution in [3.8, 4) is 0 Å². The van der Waals surface area contributed by atoms with Gasteiger partial charge < -0.3 is 10.2 Å². The van der Waals surface area contributed by atoms with Crippen LogP contribution in [0.1, 0.15) is 33.6 Å². The number of rotatable bonds is 3. The number of nitrogens with one attached hydrogen (secondary N) is 1. The third kappa shape index (κ3) is 3.67. The van der Waals surface area contributed by atoms with E-state index in [0.717, 1.165) is 23.7 Å². The lowest BCUT2D eigenvalue weighted by Crippen LogP contribution is -2.46.